The van der Waals surface area contributed by atoms with Gasteiger partial charge in [0.25, 0.3) is 0 Å². The number of aryl methyl sites for hydroxylation is 1. The van der Waals surface area contributed by atoms with E-state index in [1.165, 1.54) is 39.5 Å². The van der Waals surface area contributed by atoms with Crippen LogP contribution >= 0.6 is 0 Å². The van der Waals surface area contributed by atoms with Crippen LogP contribution in [0.2, 0.25) is 0 Å². The molecule has 7 nitrogen and oxygen atoms in total. The second kappa shape index (κ2) is 7.80. The Morgan fingerprint density at radius 3 is 2.57 bits per heavy atom. The molecule has 0 aromatic heterocycles. The highest BCUT2D eigenvalue weighted by molar-refractivity contribution is 5.83. The maximum absolute atomic E-state index is 12.7. The molecule has 0 spiro atoms. The van der Waals surface area contributed by atoms with Crippen molar-refractivity contribution in [2.45, 2.75) is 25.7 Å². The third-order valence-electron chi connectivity index (χ3n) is 4.82. The maximum atomic E-state index is 12.7. The zero-order valence-corrected chi connectivity index (χ0v) is 15.8. The number of rotatable bonds is 4. The van der Waals surface area contributed by atoms with Gasteiger partial charge in [0, 0.05) is 16.5 Å². The second-order valence-electron chi connectivity index (χ2n) is 6.34. The lowest BCUT2D eigenvalue weighted by atomic mass is 9.95. The summed E-state index contributed by atoms with van der Waals surface area (Å²) in [6.07, 6.45) is 0.668. The van der Waals surface area contributed by atoms with Gasteiger partial charge < -0.3 is 24.6 Å². The fourth-order valence-corrected chi connectivity index (χ4v) is 3.64. The van der Waals surface area contributed by atoms with Crippen molar-refractivity contribution in [3.05, 3.63) is 45.6 Å². The molecule has 1 aliphatic rings. The number of fused-ring (bicyclic) bond motifs is 3. The fraction of sp³-hybridized carbons (Fsp3) is 0.333. The molecule has 0 saturated heterocycles. The number of nitrogens with one attached hydrogen (secondary N) is 1. The molecule has 0 unspecified atom stereocenters. The summed E-state index contributed by atoms with van der Waals surface area (Å²) in [7, 11) is 4.19. The number of methoxy groups -OCH3 is 3. The number of carbonyl (C=O) groups is 1. The van der Waals surface area contributed by atoms with E-state index in [0.29, 0.717) is 35.1 Å². The summed E-state index contributed by atoms with van der Waals surface area (Å²) in [6.45, 7) is -2.84. The molecule has 2 N–H and O–H groups in total. The van der Waals surface area contributed by atoms with E-state index in [2.05, 4.69) is 5.32 Å². The molecule has 28 heavy (non-hydrogen) atoms. The lowest BCUT2D eigenvalue weighted by molar-refractivity contribution is -0.119. The van der Waals surface area contributed by atoms with Crippen LogP contribution in [0.1, 0.15) is 34.6 Å². The molecule has 0 fully saturated rings. The molecule has 1 amide bonds. The Morgan fingerprint density at radius 2 is 1.93 bits per heavy atom. The minimum absolute atomic E-state index is 0.0835. The smallest absolute Gasteiger partial charge is 0.220 e. The molecular formula is C21H23NO6. The first-order valence-electron chi connectivity index (χ1n) is 10.1. The predicted molar refractivity (Wildman–Crippen MR) is 104 cm³/mol. The van der Waals surface area contributed by atoms with E-state index in [-0.39, 0.29) is 23.0 Å². The monoisotopic (exact) mass is 388 g/mol. The van der Waals surface area contributed by atoms with Crippen LogP contribution in [0, 0.1) is 0 Å². The molecule has 7 heteroatoms. The Balaban J connectivity index is 2.34. The molecule has 1 aliphatic carbocycles. The number of amides is 1. The van der Waals surface area contributed by atoms with Gasteiger partial charge in [0.2, 0.25) is 17.1 Å². The molecule has 0 heterocycles. The van der Waals surface area contributed by atoms with E-state index >= 15 is 0 Å². The Labute approximate surface area is 167 Å². The van der Waals surface area contributed by atoms with Crippen molar-refractivity contribution in [1.82, 2.24) is 5.32 Å². The van der Waals surface area contributed by atoms with E-state index in [1.807, 2.05) is 0 Å². The van der Waals surface area contributed by atoms with E-state index in [1.54, 1.807) is 6.07 Å². The second-order valence-corrected chi connectivity index (χ2v) is 6.34. The van der Waals surface area contributed by atoms with Gasteiger partial charge in [-0.1, -0.05) is 6.07 Å². The van der Waals surface area contributed by atoms with Crippen LogP contribution in [0.3, 0.4) is 0 Å². The molecule has 148 valence electrons. The van der Waals surface area contributed by atoms with Gasteiger partial charge in [-0.3, -0.25) is 9.59 Å². The minimum Gasteiger partial charge on any atom is -0.504 e. The summed E-state index contributed by atoms with van der Waals surface area (Å²) in [6, 6.07) is 5.24. The summed E-state index contributed by atoms with van der Waals surface area (Å²) in [5.74, 6) is -0.767. The van der Waals surface area contributed by atoms with Crippen LogP contribution in [-0.4, -0.2) is 32.3 Å². The largest absolute Gasteiger partial charge is 0.504 e. The fourth-order valence-electron chi connectivity index (χ4n) is 3.64. The van der Waals surface area contributed by atoms with Gasteiger partial charge in [-0.05, 0) is 47.7 Å². The van der Waals surface area contributed by atoms with Gasteiger partial charge in [-0.2, -0.15) is 0 Å². The summed E-state index contributed by atoms with van der Waals surface area (Å²) in [5.41, 5.74) is 1.79. The Morgan fingerprint density at radius 1 is 1.18 bits per heavy atom. The van der Waals surface area contributed by atoms with E-state index in [0.717, 1.165) is 0 Å². The summed E-state index contributed by atoms with van der Waals surface area (Å²) >= 11 is 0. The zero-order chi connectivity index (χ0) is 22.9. The quantitative estimate of drug-likeness (QED) is 0.836. The highest BCUT2D eigenvalue weighted by Crippen LogP contribution is 2.49. The van der Waals surface area contributed by atoms with Gasteiger partial charge >= 0.3 is 0 Å². The van der Waals surface area contributed by atoms with Crippen molar-refractivity contribution in [3.63, 3.8) is 0 Å². The van der Waals surface area contributed by atoms with E-state index < -0.39 is 24.2 Å². The Bertz CT molecular complexity index is 1080. The van der Waals surface area contributed by atoms with Crippen LogP contribution in [0.4, 0.5) is 0 Å². The topological polar surface area (TPSA) is 94.1 Å². The summed E-state index contributed by atoms with van der Waals surface area (Å²) in [5, 5.41) is 12.9. The van der Waals surface area contributed by atoms with Crippen molar-refractivity contribution >= 4 is 5.91 Å². The predicted octanol–water partition coefficient (Wildman–Crippen LogP) is 2.57. The van der Waals surface area contributed by atoms with Gasteiger partial charge in [0.15, 0.2) is 17.2 Å². The van der Waals surface area contributed by atoms with Crippen LogP contribution in [0.5, 0.6) is 23.0 Å². The number of phenols is 1. The van der Waals surface area contributed by atoms with Crippen molar-refractivity contribution in [1.29, 1.82) is 0 Å². The normalized spacial score (nSPS) is 17.0. The molecular weight excluding hydrogens is 362 g/mol. The number of ether oxygens (including phenoxy) is 3. The van der Waals surface area contributed by atoms with Crippen molar-refractivity contribution < 1.29 is 28.2 Å². The average Bonchev–Trinajstić information content (AvgIpc) is 2.95. The molecule has 0 radical (unpaired) electrons. The number of benzene rings is 1. The Hall–Kier alpha value is -3.22. The number of phenolic OH excluding ortho intramolecular Hbond substituents is 1. The van der Waals surface area contributed by atoms with Gasteiger partial charge in [0.1, 0.15) is 0 Å². The lowest BCUT2D eigenvalue weighted by Crippen LogP contribution is -2.26. The Kier molecular flexibility index (Phi) is 4.40. The third-order valence-corrected chi connectivity index (χ3v) is 4.82. The van der Waals surface area contributed by atoms with Crippen LogP contribution in [-0.2, 0) is 11.2 Å². The molecule has 0 saturated carbocycles. The number of carbonyl (C=O) groups excluding carboxylic acids is 1. The van der Waals surface area contributed by atoms with E-state index in [9.17, 15) is 14.7 Å². The number of aromatic hydroxyl groups is 1. The van der Waals surface area contributed by atoms with Gasteiger partial charge in [-0.15, -0.1) is 0 Å². The maximum Gasteiger partial charge on any atom is 0.220 e. The number of hydrogen-bond acceptors (Lipinski definition) is 6. The van der Waals surface area contributed by atoms with E-state index in [4.69, 9.17) is 18.3 Å². The first-order chi connectivity index (χ1) is 14.6. The highest BCUT2D eigenvalue weighted by Gasteiger charge is 2.29. The third kappa shape index (κ3) is 3.35. The molecule has 3 rings (SSSR count). The standard InChI is InChI=1S/C21H23NO6/c1-11(23)22-15-7-5-12-9-17(25)20(27-3)21(28-4)19(12)13-6-8-18(26-2)16(24)10-14(13)15/h6,8-10,15,25H,5,7H2,1-4H3,(H,22,23)/t15-/m0/s1/i1D3. The lowest BCUT2D eigenvalue weighted by Gasteiger charge is -2.18. The van der Waals surface area contributed by atoms with Gasteiger partial charge in [0.05, 0.1) is 27.4 Å². The molecule has 2 aromatic rings. The molecule has 1 atom stereocenters. The number of hydrogen-bond donors (Lipinski definition) is 2. The van der Waals surface area contributed by atoms with Crippen molar-refractivity contribution in [2.75, 3.05) is 21.3 Å². The first kappa shape index (κ1) is 15.8. The summed E-state index contributed by atoms with van der Waals surface area (Å²) in [4.78, 5) is 24.9. The van der Waals surface area contributed by atoms with Crippen LogP contribution in [0.25, 0.3) is 11.1 Å². The molecule has 2 aromatic carbocycles. The zero-order valence-electron chi connectivity index (χ0n) is 18.8. The summed E-state index contributed by atoms with van der Waals surface area (Å²) < 4.78 is 38.2. The molecule has 0 aliphatic heterocycles. The SMILES string of the molecule is [2H]C([2H])([2H])C(=O)N[C@H]1CCc2cc(O)c(OC)c(OC)c2-c2ccc(OC)c(=O)cc21. The first-order valence-corrected chi connectivity index (χ1v) is 8.62. The minimum atomic E-state index is -2.84. The average molecular weight is 388 g/mol. The van der Waals surface area contributed by atoms with Crippen LogP contribution in [0.15, 0.2) is 29.1 Å². The molecule has 0 bridgehead atoms. The van der Waals surface area contributed by atoms with Crippen molar-refractivity contribution in [3.8, 4) is 34.1 Å². The van der Waals surface area contributed by atoms with Crippen LogP contribution < -0.4 is 25.0 Å². The highest BCUT2D eigenvalue weighted by atomic mass is 16.5. The van der Waals surface area contributed by atoms with Crippen molar-refractivity contribution in [2.24, 2.45) is 0 Å². The van der Waals surface area contributed by atoms with Gasteiger partial charge in [-0.25, -0.2) is 0 Å².